The fourth-order valence-electron chi connectivity index (χ4n) is 1.58. The van der Waals surface area contributed by atoms with Crippen molar-refractivity contribution < 1.29 is 13.9 Å². The third kappa shape index (κ3) is 3.42. The predicted molar refractivity (Wildman–Crippen MR) is 67.4 cm³/mol. The van der Waals surface area contributed by atoms with E-state index in [0.29, 0.717) is 17.9 Å². The van der Waals surface area contributed by atoms with E-state index in [9.17, 15) is 9.18 Å². The van der Waals surface area contributed by atoms with E-state index in [2.05, 4.69) is 0 Å². The second-order valence-corrected chi connectivity index (χ2v) is 3.91. The molecule has 0 aliphatic rings. The van der Waals surface area contributed by atoms with Gasteiger partial charge in [-0.05, 0) is 29.8 Å². The Labute approximate surface area is 105 Å². The minimum absolute atomic E-state index is 0.271. The van der Waals surface area contributed by atoms with Crippen LogP contribution in [0.1, 0.15) is 15.9 Å². The number of hydrogen-bond donors (Lipinski definition) is 0. The van der Waals surface area contributed by atoms with E-state index in [1.54, 1.807) is 24.3 Å². The molecule has 0 unspecified atom stereocenters. The molecule has 0 amide bonds. The highest BCUT2D eigenvalue weighted by Crippen LogP contribution is 2.12. The van der Waals surface area contributed by atoms with Crippen molar-refractivity contribution in [2.75, 3.05) is 6.61 Å². The molecule has 2 aromatic rings. The number of rotatable bonds is 5. The summed E-state index contributed by atoms with van der Waals surface area (Å²) in [5.41, 5.74) is 1.76. The minimum Gasteiger partial charge on any atom is -0.493 e. The second kappa shape index (κ2) is 5.96. The van der Waals surface area contributed by atoms with Gasteiger partial charge in [0.05, 0.1) is 6.61 Å². The lowest BCUT2D eigenvalue weighted by atomic mass is 10.1. The molecule has 0 aliphatic carbocycles. The number of ether oxygens (including phenoxy) is 1. The summed E-state index contributed by atoms with van der Waals surface area (Å²) in [6, 6.07) is 13.3. The zero-order valence-corrected chi connectivity index (χ0v) is 9.80. The summed E-state index contributed by atoms with van der Waals surface area (Å²) in [4.78, 5) is 10.5. The van der Waals surface area contributed by atoms with E-state index in [-0.39, 0.29) is 5.82 Å². The lowest BCUT2D eigenvalue weighted by molar-refractivity contribution is 0.112. The maximum atomic E-state index is 12.7. The molecule has 2 rings (SSSR count). The molecule has 0 N–H and O–H groups in total. The lowest BCUT2D eigenvalue weighted by Crippen LogP contribution is -2.01. The number of carbonyl (C=O) groups excluding carboxylic acids is 1. The number of benzene rings is 2. The largest absolute Gasteiger partial charge is 0.493 e. The van der Waals surface area contributed by atoms with Crippen LogP contribution in [0.4, 0.5) is 4.39 Å². The molecule has 0 heterocycles. The molecule has 2 aromatic carbocycles. The summed E-state index contributed by atoms with van der Waals surface area (Å²) in [7, 11) is 0. The van der Waals surface area contributed by atoms with Crippen LogP contribution in [0, 0.1) is 5.82 Å². The predicted octanol–water partition coefficient (Wildman–Crippen LogP) is 3.26. The molecule has 0 fully saturated rings. The first-order valence-electron chi connectivity index (χ1n) is 5.70. The monoisotopic (exact) mass is 244 g/mol. The van der Waals surface area contributed by atoms with E-state index in [1.807, 2.05) is 12.1 Å². The third-order valence-corrected chi connectivity index (χ3v) is 2.59. The Morgan fingerprint density at radius 1 is 1.00 bits per heavy atom. The SMILES string of the molecule is O=Cc1ccc(CCOc2ccc(F)cc2)cc1. The molecule has 0 saturated carbocycles. The first kappa shape index (κ1) is 12.3. The summed E-state index contributed by atoms with van der Waals surface area (Å²) in [5, 5.41) is 0. The Hall–Kier alpha value is -2.16. The van der Waals surface area contributed by atoms with Crippen LogP contribution >= 0.6 is 0 Å². The van der Waals surface area contributed by atoms with Crippen LogP contribution in [0.2, 0.25) is 0 Å². The zero-order chi connectivity index (χ0) is 12.8. The summed E-state index contributed by atoms with van der Waals surface area (Å²) in [5.74, 6) is 0.382. The highest BCUT2D eigenvalue weighted by Gasteiger charge is 1.97. The number of hydrogen-bond acceptors (Lipinski definition) is 2. The number of carbonyl (C=O) groups is 1. The van der Waals surface area contributed by atoms with Gasteiger partial charge >= 0.3 is 0 Å². The lowest BCUT2D eigenvalue weighted by Gasteiger charge is -2.06. The van der Waals surface area contributed by atoms with Gasteiger partial charge in [0.2, 0.25) is 0 Å². The van der Waals surface area contributed by atoms with E-state index in [4.69, 9.17) is 4.74 Å². The van der Waals surface area contributed by atoms with E-state index in [0.717, 1.165) is 18.3 Å². The highest BCUT2D eigenvalue weighted by molar-refractivity contribution is 5.74. The fourth-order valence-corrected chi connectivity index (χ4v) is 1.58. The molecule has 0 aliphatic heterocycles. The van der Waals surface area contributed by atoms with Gasteiger partial charge in [-0.2, -0.15) is 0 Å². The quantitative estimate of drug-likeness (QED) is 0.754. The zero-order valence-electron chi connectivity index (χ0n) is 9.80. The van der Waals surface area contributed by atoms with Crippen LogP contribution in [0.5, 0.6) is 5.75 Å². The molecular weight excluding hydrogens is 231 g/mol. The summed E-state index contributed by atoms with van der Waals surface area (Å²) in [6.07, 6.45) is 1.56. The van der Waals surface area contributed by atoms with Gasteiger partial charge in [-0.25, -0.2) is 4.39 Å². The van der Waals surface area contributed by atoms with Crippen LogP contribution in [0.25, 0.3) is 0 Å². The van der Waals surface area contributed by atoms with Crippen molar-refractivity contribution in [1.82, 2.24) is 0 Å². The Kier molecular flexibility index (Phi) is 4.07. The van der Waals surface area contributed by atoms with Gasteiger partial charge in [0.15, 0.2) is 0 Å². The van der Waals surface area contributed by atoms with Crippen molar-refractivity contribution in [2.24, 2.45) is 0 Å². The van der Waals surface area contributed by atoms with E-state index in [1.165, 1.54) is 12.1 Å². The molecule has 18 heavy (non-hydrogen) atoms. The van der Waals surface area contributed by atoms with Gasteiger partial charge in [0.1, 0.15) is 17.9 Å². The van der Waals surface area contributed by atoms with Gasteiger partial charge < -0.3 is 4.74 Å². The third-order valence-electron chi connectivity index (χ3n) is 2.59. The first-order valence-corrected chi connectivity index (χ1v) is 5.70. The molecule has 3 heteroatoms. The smallest absolute Gasteiger partial charge is 0.150 e. The Morgan fingerprint density at radius 3 is 2.28 bits per heavy atom. The Balaban J connectivity index is 1.84. The second-order valence-electron chi connectivity index (χ2n) is 3.91. The van der Waals surface area contributed by atoms with Crippen molar-refractivity contribution in [3.63, 3.8) is 0 Å². The number of aldehydes is 1. The summed E-state index contributed by atoms with van der Waals surface area (Å²) < 4.78 is 18.1. The average molecular weight is 244 g/mol. The molecule has 2 nitrogen and oxygen atoms in total. The van der Waals surface area contributed by atoms with Crippen molar-refractivity contribution in [3.8, 4) is 5.75 Å². The van der Waals surface area contributed by atoms with E-state index < -0.39 is 0 Å². The average Bonchev–Trinajstić information content (AvgIpc) is 2.42. The Morgan fingerprint density at radius 2 is 1.67 bits per heavy atom. The maximum Gasteiger partial charge on any atom is 0.150 e. The molecule has 0 bridgehead atoms. The van der Waals surface area contributed by atoms with Crippen LogP contribution in [0.15, 0.2) is 48.5 Å². The standard InChI is InChI=1S/C15H13FO2/c16-14-5-7-15(8-6-14)18-10-9-12-1-3-13(11-17)4-2-12/h1-8,11H,9-10H2. The topological polar surface area (TPSA) is 26.3 Å². The normalized spacial score (nSPS) is 10.1. The molecule has 0 aromatic heterocycles. The van der Waals surface area contributed by atoms with Gasteiger partial charge in [-0.1, -0.05) is 24.3 Å². The molecule has 92 valence electrons. The molecule has 0 saturated heterocycles. The van der Waals surface area contributed by atoms with Gasteiger partial charge in [0, 0.05) is 12.0 Å². The molecule has 0 radical (unpaired) electrons. The van der Waals surface area contributed by atoms with E-state index >= 15 is 0 Å². The molecule has 0 spiro atoms. The van der Waals surface area contributed by atoms with Gasteiger partial charge in [-0.15, -0.1) is 0 Å². The van der Waals surface area contributed by atoms with Crippen molar-refractivity contribution in [2.45, 2.75) is 6.42 Å². The highest BCUT2D eigenvalue weighted by atomic mass is 19.1. The van der Waals surface area contributed by atoms with Crippen molar-refractivity contribution >= 4 is 6.29 Å². The fraction of sp³-hybridized carbons (Fsp3) is 0.133. The first-order chi connectivity index (χ1) is 8.78. The van der Waals surface area contributed by atoms with Gasteiger partial charge in [0.25, 0.3) is 0 Å². The maximum absolute atomic E-state index is 12.7. The van der Waals surface area contributed by atoms with Crippen LogP contribution < -0.4 is 4.74 Å². The summed E-state index contributed by atoms with van der Waals surface area (Å²) in [6.45, 7) is 0.520. The van der Waals surface area contributed by atoms with Crippen molar-refractivity contribution in [1.29, 1.82) is 0 Å². The molecule has 0 atom stereocenters. The van der Waals surface area contributed by atoms with Crippen LogP contribution in [-0.2, 0) is 6.42 Å². The van der Waals surface area contributed by atoms with Crippen LogP contribution in [0.3, 0.4) is 0 Å². The minimum atomic E-state index is -0.271. The van der Waals surface area contributed by atoms with Crippen molar-refractivity contribution in [3.05, 3.63) is 65.5 Å². The van der Waals surface area contributed by atoms with Gasteiger partial charge in [-0.3, -0.25) is 4.79 Å². The Bertz CT molecular complexity index is 503. The number of halogens is 1. The molecular formula is C15H13FO2. The summed E-state index contributed by atoms with van der Waals surface area (Å²) >= 11 is 0. The van der Waals surface area contributed by atoms with Crippen LogP contribution in [-0.4, -0.2) is 12.9 Å².